The molecule has 0 aliphatic carbocycles. The summed E-state index contributed by atoms with van der Waals surface area (Å²) in [5.41, 5.74) is -1.03. The van der Waals surface area contributed by atoms with Crippen LogP contribution >= 0.6 is 0 Å². The molecule has 5 nitrogen and oxygen atoms in total. The zero-order valence-corrected chi connectivity index (χ0v) is 13.2. The highest BCUT2D eigenvalue weighted by atomic mass is 16.6. The van der Waals surface area contributed by atoms with Crippen LogP contribution in [0.25, 0.3) is 0 Å². The third-order valence-electron chi connectivity index (χ3n) is 3.32. The van der Waals surface area contributed by atoms with Gasteiger partial charge < -0.3 is 14.6 Å². The van der Waals surface area contributed by atoms with Crippen LogP contribution in [-0.4, -0.2) is 35.9 Å². The van der Waals surface area contributed by atoms with Crippen molar-refractivity contribution in [1.82, 2.24) is 0 Å². The number of aliphatic hydroxyl groups is 1. The van der Waals surface area contributed by atoms with E-state index in [2.05, 4.69) is 0 Å². The van der Waals surface area contributed by atoms with Crippen molar-refractivity contribution in [1.29, 1.82) is 0 Å². The molecule has 0 amide bonds. The van der Waals surface area contributed by atoms with E-state index in [1.165, 1.54) is 5.56 Å². The minimum absolute atomic E-state index is 0.00248. The Morgan fingerprint density at radius 1 is 1.00 bits per heavy atom. The van der Waals surface area contributed by atoms with Crippen molar-refractivity contribution < 1.29 is 24.2 Å². The molecule has 1 N–H and O–H groups in total. The summed E-state index contributed by atoms with van der Waals surface area (Å²) in [5, 5.41) is 10.4. The lowest BCUT2D eigenvalue weighted by atomic mass is 9.95. The van der Waals surface area contributed by atoms with Crippen molar-refractivity contribution in [2.75, 3.05) is 13.2 Å². The van der Waals surface area contributed by atoms with E-state index >= 15 is 0 Å². The third-order valence-corrected chi connectivity index (χ3v) is 3.32. The quantitative estimate of drug-likeness (QED) is 0.430. The van der Waals surface area contributed by atoms with Gasteiger partial charge in [-0.2, -0.15) is 0 Å². The number of carbonyl (C=O) groups is 2. The smallest absolute Gasteiger partial charge is 0.350 e. The minimum Gasteiger partial charge on any atom is -0.463 e. The van der Waals surface area contributed by atoms with E-state index in [1.807, 2.05) is 30.3 Å². The molecule has 0 atom stereocenters. The second-order valence-electron chi connectivity index (χ2n) is 4.99. The molecule has 1 rings (SSSR count). The first-order valence-corrected chi connectivity index (χ1v) is 7.65. The summed E-state index contributed by atoms with van der Waals surface area (Å²) in [6.07, 6.45) is 2.09. The number of rotatable bonds is 9. The van der Waals surface area contributed by atoms with Gasteiger partial charge in [0.15, 0.2) is 0 Å². The lowest BCUT2D eigenvalue weighted by molar-refractivity contribution is -0.184. The third kappa shape index (κ3) is 5.15. The van der Waals surface area contributed by atoms with Gasteiger partial charge >= 0.3 is 11.9 Å². The Bertz CT molecular complexity index is 451. The van der Waals surface area contributed by atoms with Crippen molar-refractivity contribution in [3.05, 3.63) is 35.9 Å². The van der Waals surface area contributed by atoms with E-state index in [9.17, 15) is 14.7 Å². The van der Waals surface area contributed by atoms with Gasteiger partial charge in [0.2, 0.25) is 0 Å². The molecule has 0 radical (unpaired) electrons. The predicted octanol–water partition coefficient (Wildman–Crippen LogP) is 2.26. The largest absolute Gasteiger partial charge is 0.463 e. The Hall–Kier alpha value is -1.88. The summed E-state index contributed by atoms with van der Waals surface area (Å²) in [5.74, 6) is -1.87. The van der Waals surface area contributed by atoms with Gasteiger partial charge in [-0.05, 0) is 45.1 Å². The summed E-state index contributed by atoms with van der Waals surface area (Å²) in [6.45, 7) is 3.45. The van der Waals surface area contributed by atoms with E-state index in [1.54, 1.807) is 13.8 Å². The Balaban J connectivity index is 2.57. The first-order chi connectivity index (χ1) is 10.5. The van der Waals surface area contributed by atoms with Crippen molar-refractivity contribution in [2.45, 2.75) is 45.1 Å². The van der Waals surface area contributed by atoms with E-state index in [0.717, 1.165) is 12.8 Å². The van der Waals surface area contributed by atoms with Crippen molar-refractivity contribution in [3.63, 3.8) is 0 Å². The fraction of sp³-hybridized carbons (Fsp3) is 0.529. The zero-order valence-electron chi connectivity index (χ0n) is 13.2. The topological polar surface area (TPSA) is 72.8 Å². The van der Waals surface area contributed by atoms with Crippen LogP contribution in [0.1, 0.15) is 38.7 Å². The molecule has 0 saturated heterocycles. The highest BCUT2D eigenvalue weighted by molar-refractivity contribution is 6.03. The first kappa shape index (κ1) is 18.2. The van der Waals surface area contributed by atoms with Gasteiger partial charge in [-0.1, -0.05) is 30.3 Å². The maximum atomic E-state index is 11.9. The van der Waals surface area contributed by atoms with Gasteiger partial charge in [0, 0.05) is 0 Å². The number of ether oxygens (including phenoxy) is 2. The number of aryl methyl sites for hydroxylation is 1. The van der Waals surface area contributed by atoms with Crippen LogP contribution in [0.3, 0.4) is 0 Å². The number of esters is 2. The van der Waals surface area contributed by atoms with E-state index in [4.69, 9.17) is 9.47 Å². The van der Waals surface area contributed by atoms with E-state index in [-0.39, 0.29) is 19.6 Å². The van der Waals surface area contributed by atoms with Gasteiger partial charge in [-0.25, -0.2) is 9.59 Å². The predicted molar refractivity (Wildman–Crippen MR) is 82.2 cm³/mol. The molecule has 0 aliphatic heterocycles. The van der Waals surface area contributed by atoms with Crippen molar-refractivity contribution in [2.24, 2.45) is 0 Å². The second kappa shape index (κ2) is 9.20. The Morgan fingerprint density at radius 2 is 1.55 bits per heavy atom. The molecule has 0 aromatic heterocycles. The molecule has 0 unspecified atom stereocenters. The van der Waals surface area contributed by atoms with Crippen LogP contribution in [-0.2, 0) is 25.5 Å². The summed E-state index contributed by atoms with van der Waals surface area (Å²) in [6, 6.07) is 9.90. The molecule has 0 bridgehead atoms. The Kier molecular flexibility index (Phi) is 7.60. The number of hydrogen-bond donors (Lipinski definition) is 1. The van der Waals surface area contributed by atoms with Gasteiger partial charge in [0.05, 0.1) is 13.2 Å². The Labute approximate surface area is 131 Å². The highest BCUT2D eigenvalue weighted by Gasteiger charge is 2.46. The fourth-order valence-electron chi connectivity index (χ4n) is 2.14. The summed E-state index contributed by atoms with van der Waals surface area (Å²) in [4.78, 5) is 23.7. The summed E-state index contributed by atoms with van der Waals surface area (Å²) < 4.78 is 9.60. The molecule has 1 aromatic carbocycles. The van der Waals surface area contributed by atoms with E-state index < -0.39 is 17.5 Å². The maximum absolute atomic E-state index is 11.9. The normalized spacial score (nSPS) is 11.0. The van der Waals surface area contributed by atoms with Crippen LogP contribution in [0.5, 0.6) is 0 Å². The molecule has 1 aromatic rings. The lowest BCUT2D eigenvalue weighted by Crippen LogP contribution is -2.49. The minimum atomic E-state index is -2.21. The maximum Gasteiger partial charge on any atom is 0.350 e. The van der Waals surface area contributed by atoms with Crippen LogP contribution < -0.4 is 0 Å². The van der Waals surface area contributed by atoms with Gasteiger partial charge in [0.25, 0.3) is 5.60 Å². The average molecular weight is 308 g/mol. The number of benzene rings is 1. The summed E-state index contributed by atoms with van der Waals surface area (Å²) >= 11 is 0. The molecule has 0 spiro atoms. The van der Waals surface area contributed by atoms with Gasteiger partial charge in [-0.3, -0.25) is 0 Å². The molecular formula is C17H24O5. The van der Waals surface area contributed by atoms with E-state index in [0.29, 0.717) is 6.42 Å². The fourth-order valence-corrected chi connectivity index (χ4v) is 2.14. The number of unbranched alkanes of at least 4 members (excludes halogenated alkanes) is 1. The molecule has 0 heterocycles. The molecular weight excluding hydrogens is 284 g/mol. The van der Waals surface area contributed by atoms with Crippen LogP contribution in [0.4, 0.5) is 0 Å². The number of carbonyl (C=O) groups excluding carboxylic acids is 2. The molecule has 0 fully saturated rings. The molecule has 5 heteroatoms. The molecule has 122 valence electrons. The monoisotopic (exact) mass is 308 g/mol. The van der Waals surface area contributed by atoms with Crippen LogP contribution in [0.15, 0.2) is 30.3 Å². The van der Waals surface area contributed by atoms with Crippen molar-refractivity contribution >= 4 is 11.9 Å². The standard InChI is InChI=1S/C17H24O5/c1-3-21-15(18)17(20,16(19)22-4-2)13-9-8-12-14-10-6-5-7-11-14/h5-7,10-11,20H,3-4,8-9,12-13H2,1-2H3. The zero-order chi connectivity index (χ0) is 16.4. The molecule has 0 aliphatic rings. The Morgan fingerprint density at radius 3 is 2.05 bits per heavy atom. The first-order valence-electron chi connectivity index (χ1n) is 7.65. The van der Waals surface area contributed by atoms with Crippen LogP contribution in [0.2, 0.25) is 0 Å². The highest BCUT2D eigenvalue weighted by Crippen LogP contribution is 2.20. The lowest BCUT2D eigenvalue weighted by Gasteiger charge is -2.23. The summed E-state index contributed by atoms with van der Waals surface area (Å²) in [7, 11) is 0. The average Bonchev–Trinajstić information content (AvgIpc) is 2.52. The van der Waals surface area contributed by atoms with Crippen molar-refractivity contribution in [3.8, 4) is 0 Å². The molecule has 22 heavy (non-hydrogen) atoms. The SMILES string of the molecule is CCOC(=O)C(O)(CCCCc1ccccc1)C(=O)OCC. The number of hydrogen-bond acceptors (Lipinski definition) is 5. The van der Waals surface area contributed by atoms with Gasteiger partial charge in [0.1, 0.15) is 0 Å². The van der Waals surface area contributed by atoms with Crippen LogP contribution in [0, 0.1) is 0 Å². The second-order valence-corrected chi connectivity index (χ2v) is 4.99. The molecule has 0 saturated carbocycles. The van der Waals surface area contributed by atoms with Gasteiger partial charge in [-0.15, -0.1) is 0 Å².